The molecule has 0 atom stereocenters. The van der Waals surface area contributed by atoms with E-state index in [4.69, 9.17) is 0 Å². The van der Waals surface area contributed by atoms with E-state index < -0.39 is 0 Å². The molecule has 2 aromatic heterocycles. The highest BCUT2D eigenvalue weighted by atomic mass is 16.1. The van der Waals surface area contributed by atoms with Gasteiger partial charge in [0, 0.05) is 30.6 Å². The summed E-state index contributed by atoms with van der Waals surface area (Å²) in [6.07, 6.45) is 7.78. The zero-order valence-electron chi connectivity index (χ0n) is 14.8. The lowest BCUT2D eigenvalue weighted by molar-refractivity contribution is 0.0953. The molecule has 0 spiro atoms. The average molecular weight is 336 g/mol. The van der Waals surface area contributed by atoms with Gasteiger partial charge < -0.3 is 5.32 Å². The maximum Gasteiger partial charge on any atom is 0.251 e. The molecule has 130 valence electrons. The number of amides is 1. The number of benzene rings is 1. The third kappa shape index (κ3) is 4.44. The summed E-state index contributed by atoms with van der Waals surface area (Å²) in [6.45, 7) is 4.76. The second-order valence-electron chi connectivity index (χ2n) is 6.36. The molecule has 0 unspecified atom stereocenters. The molecule has 0 bridgehead atoms. The van der Waals surface area contributed by atoms with Crippen LogP contribution in [0.3, 0.4) is 0 Å². The molecule has 0 saturated carbocycles. The number of aromatic nitrogens is 3. The summed E-state index contributed by atoms with van der Waals surface area (Å²) in [4.78, 5) is 16.6. The summed E-state index contributed by atoms with van der Waals surface area (Å²) in [5.74, 6) is -0.0145. The lowest BCUT2D eigenvalue weighted by Crippen LogP contribution is -2.24. The van der Waals surface area contributed by atoms with Crippen LogP contribution >= 0.6 is 0 Å². The predicted octanol–water partition coefficient (Wildman–Crippen LogP) is 3.35. The van der Waals surface area contributed by atoms with Crippen molar-refractivity contribution < 1.29 is 4.79 Å². The first kappa shape index (κ1) is 17.1. The van der Waals surface area contributed by atoms with Crippen molar-refractivity contribution in [2.45, 2.75) is 39.5 Å². The number of aryl methyl sites for hydroxylation is 3. The summed E-state index contributed by atoms with van der Waals surface area (Å²) in [5.41, 5.74) is 4.93. The molecule has 25 heavy (non-hydrogen) atoms. The number of hydrogen-bond donors (Lipinski definition) is 1. The maximum atomic E-state index is 12.2. The summed E-state index contributed by atoms with van der Waals surface area (Å²) in [7, 11) is 0. The summed E-state index contributed by atoms with van der Waals surface area (Å²) in [5, 5.41) is 7.35. The van der Waals surface area contributed by atoms with Gasteiger partial charge in [0.2, 0.25) is 0 Å². The minimum absolute atomic E-state index is 0.0145. The number of nitrogens with zero attached hydrogens (tertiary/aromatic N) is 3. The minimum Gasteiger partial charge on any atom is -0.352 e. The van der Waals surface area contributed by atoms with Crippen LogP contribution < -0.4 is 5.32 Å². The summed E-state index contributed by atoms with van der Waals surface area (Å²) >= 11 is 0. The van der Waals surface area contributed by atoms with Crippen molar-refractivity contribution in [3.05, 3.63) is 65.1 Å². The SMILES string of the molecule is CCCc1ccc(C(=O)NCCCc2cnc3cc(C)nn3c2)cc1. The molecule has 0 aliphatic rings. The number of nitrogens with one attached hydrogen (secondary N) is 1. The fraction of sp³-hybridized carbons (Fsp3) is 0.350. The first-order chi connectivity index (χ1) is 12.2. The topological polar surface area (TPSA) is 59.3 Å². The molecule has 1 aromatic carbocycles. The van der Waals surface area contributed by atoms with Gasteiger partial charge in [0.05, 0.1) is 5.69 Å². The first-order valence-electron chi connectivity index (χ1n) is 8.84. The maximum absolute atomic E-state index is 12.2. The van der Waals surface area contributed by atoms with Crippen LogP contribution in [0.15, 0.2) is 42.7 Å². The smallest absolute Gasteiger partial charge is 0.251 e. The Bertz CT molecular complexity index is 852. The Morgan fingerprint density at radius 3 is 2.72 bits per heavy atom. The number of fused-ring (bicyclic) bond motifs is 1. The van der Waals surface area contributed by atoms with Gasteiger partial charge in [0.25, 0.3) is 5.91 Å². The first-order valence-corrected chi connectivity index (χ1v) is 8.84. The molecule has 0 aliphatic heterocycles. The van der Waals surface area contributed by atoms with E-state index in [-0.39, 0.29) is 5.91 Å². The van der Waals surface area contributed by atoms with Crippen LogP contribution in [-0.4, -0.2) is 27.0 Å². The number of rotatable bonds is 7. The zero-order chi connectivity index (χ0) is 17.6. The van der Waals surface area contributed by atoms with Gasteiger partial charge in [-0.25, -0.2) is 9.50 Å². The van der Waals surface area contributed by atoms with E-state index in [0.717, 1.165) is 48.2 Å². The van der Waals surface area contributed by atoms with Gasteiger partial charge in [-0.2, -0.15) is 5.10 Å². The molecule has 0 radical (unpaired) electrons. The molecular formula is C20H24N4O. The van der Waals surface area contributed by atoms with Crippen LogP contribution in [0.5, 0.6) is 0 Å². The summed E-state index contributed by atoms with van der Waals surface area (Å²) < 4.78 is 1.81. The highest BCUT2D eigenvalue weighted by molar-refractivity contribution is 5.94. The molecule has 3 rings (SSSR count). The van der Waals surface area contributed by atoms with E-state index in [9.17, 15) is 4.79 Å². The normalized spacial score (nSPS) is 11.0. The highest BCUT2D eigenvalue weighted by Crippen LogP contribution is 2.08. The monoisotopic (exact) mass is 336 g/mol. The van der Waals surface area contributed by atoms with Crippen LogP contribution in [0.2, 0.25) is 0 Å². The van der Waals surface area contributed by atoms with Crippen LogP contribution in [0.25, 0.3) is 5.65 Å². The van der Waals surface area contributed by atoms with Crippen LogP contribution in [0.1, 0.15) is 46.9 Å². The van der Waals surface area contributed by atoms with Gasteiger partial charge in [-0.05, 0) is 49.4 Å². The number of hydrogen-bond acceptors (Lipinski definition) is 3. The quantitative estimate of drug-likeness (QED) is 0.673. The second-order valence-corrected chi connectivity index (χ2v) is 6.36. The van der Waals surface area contributed by atoms with Gasteiger partial charge in [0.1, 0.15) is 0 Å². The number of carbonyl (C=O) groups excluding carboxylic acids is 1. The molecular weight excluding hydrogens is 312 g/mol. The Balaban J connectivity index is 1.47. The standard InChI is InChI=1S/C20H24N4O/c1-3-5-16-7-9-18(10-8-16)20(25)21-11-4-6-17-13-22-19-12-15(2)23-24(19)14-17/h7-10,12-14H,3-6,11H2,1-2H3,(H,21,25). The van der Waals surface area contributed by atoms with E-state index in [2.05, 4.69) is 22.3 Å². The average Bonchev–Trinajstić information content (AvgIpc) is 2.99. The molecule has 3 aromatic rings. The second kappa shape index (κ2) is 7.92. The van der Waals surface area contributed by atoms with Crippen molar-refractivity contribution in [1.29, 1.82) is 0 Å². The highest BCUT2D eigenvalue weighted by Gasteiger charge is 2.05. The summed E-state index contributed by atoms with van der Waals surface area (Å²) in [6, 6.07) is 9.82. The molecule has 0 aliphatic carbocycles. The minimum atomic E-state index is -0.0145. The van der Waals surface area contributed by atoms with E-state index in [1.807, 2.05) is 49.6 Å². The molecule has 5 heteroatoms. The molecule has 5 nitrogen and oxygen atoms in total. The Hall–Kier alpha value is -2.69. The van der Waals surface area contributed by atoms with Crippen LogP contribution in [-0.2, 0) is 12.8 Å². The van der Waals surface area contributed by atoms with E-state index in [1.165, 1.54) is 5.56 Å². The predicted molar refractivity (Wildman–Crippen MR) is 98.8 cm³/mol. The fourth-order valence-electron chi connectivity index (χ4n) is 2.87. The van der Waals surface area contributed by atoms with Crippen molar-refractivity contribution in [2.75, 3.05) is 6.54 Å². The third-order valence-electron chi connectivity index (χ3n) is 4.17. The molecule has 0 saturated heterocycles. The fourth-order valence-corrected chi connectivity index (χ4v) is 2.87. The van der Waals surface area contributed by atoms with E-state index in [0.29, 0.717) is 6.54 Å². The van der Waals surface area contributed by atoms with Crippen molar-refractivity contribution in [1.82, 2.24) is 19.9 Å². The van der Waals surface area contributed by atoms with Crippen LogP contribution in [0, 0.1) is 6.92 Å². The Morgan fingerprint density at radius 1 is 1.16 bits per heavy atom. The lowest BCUT2D eigenvalue weighted by atomic mass is 10.1. The van der Waals surface area contributed by atoms with Gasteiger partial charge in [-0.3, -0.25) is 4.79 Å². The largest absolute Gasteiger partial charge is 0.352 e. The van der Waals surface area contributed by atoms with E-state index in [1.54, 1.807) is 4.52 Å². The van der Waals surface area contributed by atoms with E-state index >= 15 is 0 Å². The molecule has 1 N–H and O–H groups in total. The number of carbonyl (C=O) groups is 1. The Kier molecular flexibility index (Phi) is 5.43. The van der Waals surface area contributed by atoms with Crippen molar-refractivity contribution in [3.8, 4) is 0 Å². The third-order valence-corrected chi connectivity index (χ3v) is 4.17. The van der Waals surface area contributed by atoms with Crippen molar-refractivity contribution >= 4 is 11.6 Å². The molecule has 1 amide bonds. The molecule has 2 heterocycles. The van der Waals surface area contributed by atoms with Gasteiger partial charge in [-0.15, -0.1) is 0 Å². The Labute approximate surface area is 148 Å². The van der Waals surface area contributed by atoms with Gasteiger partial charge >= 0.3 is 0 Å². The van der Waals surface area contributed by atoms with Gasteiger partial charge in [-0.1, -0.05) is 25.5 Å². The van der Waals surface area contributed by atoms with Crippen molar-refractivity contribution in [3.63, 3.8) is 0 Å². The Morgan fingerprint density at radius 2 is 1.96 bits per heavy atom. The van der Waals surface area contributed by atoms with Gasteiger partial charge in [0.15, 0.2) is 5.65 Å². The van der Waals surface area contributed by atoms with Crippen molar-refractivity contribution in [2.24, 2.45) is 0 Å². The lowest BCUT2D eigenvalue weighted by Gasteiger charge is -2.06. The van der Waals surface area contributed by atoms with Crippen LogP contribution in [0.4, 0.5) is 0 Å². The zero-order valence-corrected chi connectivity index (χ0v) is 14.8. The molecule has 0 fully saturated rings.